The zero-order valence-electron chi connectivity index (χ0n) is 15.2. The summed E-state index contributed by atoms with van der Waals surface area (Å²) in [7, 11) is 0. The van der Waals surface area contributed by atoms with Crippen LogP contribution in [-0.4, -0.2) is 33.7 Å². The number of nitrogens with one attached hydrogen (secondary N) is 1. The van der Waals surface area contributed by atoms with Crippen molar-refractivity contribution in [1.82, 2.24) is 9.97 Å². The van der Waals surface area contributed by atoms with Crippen molar-refractivity contribution in [3.63, 3.8) is 0 Å². The number of anilines is 1. The number of carbonyl (C=O) groups excluding carboxylic acids is 2. The molecule has 8 heteroatoms. The molecule has 3 rings (SSSR count). The highest BCUT2D eigenvalue weighted by Gasteiger charge is 2.19. The number of para-hydroxylation sites is 1. The Morgan fingerprint density at radius 2 is 1.96 bits per heavy atom. The number of esters is 1. The molecule has 27 heavy (non-hydrogen) atoms. The molecule has 6 nitrogen and oxygen atoms in total. The summed E-state index contributed by atoms with van der Waals surface area (Å²) < 4.78 is 5.24. The molecular formula is C19H19N3O3S2. The molecule has 0 aliphatic heterocycles. The van der Waals surface area contributed by atoms with Crippen LogP contribution in [0.15, 0.2) is 41.7 Å². The number of aryl methyl sites for hydroxylation is 2. The van der Waals surface area contributed by atoms with Crippen LogP contribution in [0.25, 0.3) is 10.2 Å². The number of hydrogen-bond acceptors (Lipinski definition) is 7. The van der Waals surface area contributed by atoms with Crippen molar-refractivity contribution in [3.05, 3.63) is 47.1 Å². The fourth-order valence-corrected chi connectivity index (χ4v) is 4.34. The monoisotopic (exact) mass is 401 g/mol. The second-order valence-corrected chi connectivity index (χ2v) is 8.09. The van der Waals surface area contributed by atoms with E-state index in [9.17, 15) is 9.59 Å². The van der Waals surface area contributed by atoms with E-state index in [1.165, 1.54) is 23.0 Å². The summed E-state index contributed by atoms with van der Waals surface area (Å²) in [5, 5.41) is 4.44. The number of aromatic nitrogens is 2. The first-order valence-corrected chi connectivity index (χ1v) is 10.1. The topological polar surface area (TPSA) is 81.2 Å². The SMILES string of the molecule is Cc1sc2ncnc(SCC(=O)O[C@@H](C)C(=O)Nc3ccccc3)c2c1C. The molecular weight excluding hydrogens is 382 g/mol. The Hall–Kier alpha value is -2.45. The number of thioether (sulfide) groups is 1. The third-order valence-corrected chi connectivity index (χ3v) is 6.05. The lowest BCUT2D eigenvalue weighted by molar-refractivity contribution is -0.150. The van der Waals surface area contributed by atoms with Crippen LogP contribution in [0.4, 0.5) is 5.69 Å². The van der Waals surface area contributed by atoms with Crippen LogP contribution in [0.5, 0.6) is 0 Å². The van der Waals surface area contributed by atoms with E-state index in [1.807, 2.05) is 32.0 Å². The van der Waals surface area contributed by atoms with Gasteiger partial charge in [0.15, 0.2) is 6.10 Å². The molecule has 0 fully saturated rings. The van der Waals surface area contributed by atoms with Gasteiger partial charge in [-0.3, -0.25) is 9.59 Å². The maximum absolute atomic E-state index is 12.1. The van der Waals surface area contributed by atoms with Crippen LogP contribution in [0.2, 0.25) is 0 Å². The summed E-state index contributed by atoms with van der Waals surface area (Å²) in [4.78, 5) is 34.9. The molecule has 0 unspecified atom stereocenters. The molecule has 0 bridgehead atoms. The smallest absolute Gasteiger partial charge is 0.317 e. The molecule has 3 aromatic rings. The van der Waals surface area contributed by atoms with E-state index in [0.29, 0.717) is 5.69 Å². The van der Waals surface area contributed by atoms with Crippen molar-refractivity contribution in [3.8, 4) is 0 Å². The fourth-order valence-electron chi connectivity index (χ4n) is 2.44. The van der Waals surface area contributed by atoms with Gasteiger partial charge < -0.3 is 10.1 Å². The third kappa shape index (κ3) is 4.64. The van der Waals surface area contributed by atoms with Gasteiger partial charge in [0.25, 0.3) is 5.91 Å². The Kier molecular flexibility index (Phi) is 6.08. The molecule has 2 heterocycles. The summed E-state index contributed by atoms with van der Waals surface area (Å²) in [6.45, 7) is 5.61. The molecule has 1 aromatic carbocycles. The lowest BCUT2D eigenvalue weighted by atomic mass is 10.2. The summed E-state index contributed by atoms with van der Waals surface area (Å²) in [6.07, 6.45) is 0.621. The van der Waals surface area contributed by atoms with Gasteiger partial charge >= 0.3 is 5.97 Å². The highest BCUT2D eigenvalue weighted by Crippen LogP contribution is 2.34. The summed E-state index contributed by atoms with van der Waals surface area (Å²) in [5.74, 6) is -0.760. The highest BCUT2D eigenvalue weighted by molar-refractivity contribution is 8.00. The minimum absolute atomic E-state index is 0.0728. The van der Waals surface area contributed by atoms with Gasteiger partial charge in [-0.1, -0.05) is 30.0 Å². The van der Waals surface area contributed by atoms with Crippen LogP contribution in [0, 0.1) is 13.8 Å². The molecule has 0 spiro atoms. The molecule has 0 aliphatic rings. The van der Waals surface area contributed by atoms with Crippen LogP contribution in [0.3, 0.4) is 0 Å². The number of fused-ring (bicyclic) bond motifs is 1. The first-order chi connectivity index (χ1) is 13.0. The largest absolute Gasteiger partial charge is 0.452 e. The molecule has 1 atom stereocenters. The lowest BCUT2D eigenvalue weighted by Gasteiger charge is -2.13. The van der Waals surface area contributed by atoms with E-state index < -0.39 is 12.1 Å². The summed E-state index contributed by atoms with van der Waals surface area (Å²) in [6, 6.07) is 9.04. The van der Waals surface area contributed by atoms with Crippen LogP contribution < -0.4 is 5.32 Å². The number of thiophene rings is 1. The maximum atomic E-state index is 12.1. The molecule has 0 saturated heterocycles. The minimum Gasteiger partial charge on any atom is -0.452 e. The average Bonchev–Trinajstić information content (AvgIpc) is 2.95. The van der Waals surface area contributed by atoms with Gasteiger partial charge in [0.2, 0.25) is 0 Å². The Balaban J connectivity index is 1.57. The zero-order chi connectivity index (χ0) is 19.4. The van der Waals surface area contributed by atoms with Gasteiger partial charge in [0.05, 0.1) is 5.75 Å². The molecule has 1 amide bonds. The van der Waals surface area contributed by atoms with Crippen molar-refractivity contribution in [2.75, 3.05) is 11.1 Å². The van der Waals surface area contributed by atoms with Gasteiger partial charge in [-0.15, -0.1) is 11.3 Å². The number of benzene rings is 1. The Morgan fingerprint density at radius 3 is 2.70 bits per heavy atom. The molecule has 0 radical (unpaired) electrons. The normalized spacial score (nSPS) is 12.0. The van der Waals surface area contributed by atoms with Crippen molar-refractivity contribution in [1.29, 1.82) is 0 Å². The van der Waals surface area contributed by atoms with Gasteiger partial charge in [0, 0.05) is 16.0 Å². The van der Waals surface area contributed by atoms with Crippen molar-refractivity contribution in [2.45, 2.75) is 31.9 Å². The number of carbonyl (C=O) groups is 2. The van der Waals surface area contributed by atoms with E-state index in [1.54, 1.807) is 30.4 Å². The van der Waals surface area contributed by atoms with Crippen molar-refractivity contribution < 1.29 is 14.3 Å². The number of hydrogen-bond donors (Lipinski definition) is 1. The Morgan fingerprint density at radius 1 is 1.22 bits per heavy atom. The first kappa shape index (κ1) is 19.3. The number of rotatable bonds is 6. The number of ether oxygens (including phenoxy) is 1. The third-order valence-electron chi connectivity index (χ3n) is 3.98. The van der Waals surface area contributed by atoms with E-state index in [0.717, 1.165) is 20.8 Å². The number of amides is 1. The van der Waals surface area contributed by atoms with Crippen LogP contribution in [0.1, 0.15) is 17.4 Å². The standard InChI is InChI=1S/C19H19N3O3S2/c1-11-13(3)27-19-16(11)18(20-10-21-19)26-9-15(23)25-12(2)17(24)22-14-7-5-4-6-8-14/h4-8,10,12H,9H2,1-3H3,(H,22,24)/t12-/m0/s1. The maximum Gasteiger partial charge on any atom is 0.317 e. The predicted molar refractivity (Wildman–Crippen MR) is 108 cm³/mol. The quantitative estimate of drug-likeness (QED) is 0.382. The molecule has 0 saturated carbocycles. The fraction of sp³-hybridized carbons (Fsp3) is 0.263. The Labute approximate surface area is 165 Å². The number of nitrogens with zero attached hydrogens (tertiary/aromatic N) is 2. The summed E-state index contributed by atoms with van der Waals surface area (Å²) >= 11 is 2.90. The van der Waals surface area contributed by atoms with Crippen LogP contribution in [-0.2, 0) is 14.3 Å². The lowest BCUT2D eigenvalue weighted by Crippen LogP contribution is -2.30. The van der Waals surface area contributed by atoms with E-state index >= 15 is 0 Å². The van der Waals surface area contributed by atoms with Crippen LogP contribution >= 0.6 is 23.1 Å². The highest BCUT2D eigenvalue weighted by atomic mass is 32.2. The predicted octanol–water partition coefficient (Wildman–Crippen LogP) is 3.97. The molecule has 0 aliphatic carbocycles. The molecule has 2 aromatic heterocycles. The van der Waals surface area contributed by atoms with Gasteiger partial charge in [-0.2, -0.15) is 0 Å². The average molecular weight is 402 g/mol. The minimum atomic E-state index is -0.881. The van der Waals surface area contributed by atoms with E-state index in [4.69, 9.17) is 4.74 Å². The second-order valence-electron chi connectivity index (χ2n) is 5.92. The van der Waals surface area contributed by atoms with Crippen molar-refractivity contribution in [2.24, 2.45) is 0 Å². The molecule has 1 N–H and O–H groups in total. The van der Waals surface area contributed by atoms with Gasteiger partial charge in [0.1, 0.15) is 16.2 Å². The zero-order valence-corrected chi connectivity index (χ0v) is 16.8. The van der Waals surface area contributed by atoms with Gasteiger partial charge in [-0.25, -0.2) is 9.97 Å². The second kappa shape index (κ2) is 8.49. The Bertz CT molecular complexity index is 973. The van der Waals surface area contributed by atoms with E-state index in [2.05, 4.69) is 15.3 Å². The first-order valence-electron chi connectivity index (χ1n) is 8.34. The van der Waals surface area contributed by atoms with E-state index in [-0.39, 0.29) is 11.7 Å². The molecule has 140 valence electrons. The van der Waals surface area contributed by atoms with Crippen molar-refractivity contribution >= 4 is 50.9 Å². The van der Waals surface area contributed by atoms with Gasteiger partial charge in [-0.05, 0) is 38.5 Å². The summed E-state index contributed by atoms with van der Waals surface area (Å²) in [5.41, 5.74) is 1.79.